The lowest BCUT2D eigenvalue weighted by Crippen LogP contribution is -2.44. The van der Waals surface area contributed by atoms with Gasteiger partial charge in [-0.05, 0) is 25.8 Å². The lowest BCUT2D eigenvalue weighted by atomic mass is 9.92. The zero-order chi connectivity index (χ0) is 20.0. The van der Waals surface area contributed by atoms with Gasteiger partial charge in [0.05, 0.1) is 12.6 Å². The molecule has 3 aromatic rings. The van der Waals surface area contributed by atoms with Gasteiger partial charge in [0.25, 0.3) is 0 Å². The van der Waals surface area contributed by atoms with E-state index >= 15 is 0 Å². The largest absolute Gasteiger partial charge is 0.494 e. The van der Waals surface area contributed by atoms with E-state index in [-0.39, 0.29) is 29.6 Å². The van der Waals surface area contributed by atoms with Gasteiger partial charge in [-0.2, -0.15) is 4.52 Å². The number of amides is 1. The summed E-state index contributed by atoms with van der Waals surface area (Å²) < 4.78 is 20.7. The fraction of sp³-hybridized carbons (Fsp3) is 0.474. The first-order chi connectivity index (χ1) is 13.4. The number of nitrogens with two attached hydrogens (primary N) is 1. The third kappa shape index (κ3) is 2.90. The van der Waals surface area contributed by atoms with Crippen molar-refractivity contribution in [1.29, 1.82) is 0 Å². The Kier molecular flexibility index (Phi) is 4.52. The average Bonchev–Trinajstić information content (AvgIpc) is 3.14. The minimum Gasteiger partial charge on any atom is -0.494 e. The topological polar surface area (TPSA) is 98.6 Å². The van der Waals surface area contributed by atoms with Crippen LogP contribution in [-0.2, 0) is 4.79 Å². The number of hydrogen-bond donors (Lipinski definition) is 1. The molecule has 1 aliphatic heterocycles. The molecule has 0 spiro atoms. The predicted molar refractivity (Wildman–Crippen MR) is 103 cm³/mol. The van der Waals surface area contributed by atoms with Gasteiger partial charge >= 0.3 is 0 Å². The number of anilines is 1. The number of hydrogen-bond acceptors (Lipinski definition) is 6. The van der Waals surface area contributed by atoms with Gasteiger partial charge in [-0.15, -0.1) is 5.10 Å². The van der Waals surface area contributed by atoms with E-state index in [1.165, 1.54) is 23.8 Å². The summed E-state index contributed by atoms with van der Waals surface area (Å²) in [5, 5.41) is 5.04. The number of methoxy groups -OCH3 is 1. The molecule has 28 heavy (non-hydrogen) atoms. The molecule has 2 aromatic heterocycles. The summed E-state index contributed by atoms with van der Waals surface area (Å²) in [4.78, 5) is 23.1. The standard InChI is InChI=1S/C19H23FN6O2/c1-4-16(27)25-9-11(6-5-10(25)2)17-23-18-12-7-13(20)15(28-3)8-14(12)22-19(21)26(18)24-17/h7-8,10-11H,4-6,9H2,1-3H3,(H2,21,22)/t10-,11+/m0/s1. The molecule has 9 heteroatoms. The van der Waals surface area contributed by atoms with E-state index in [0.29, 0.717) is 35.3 Å². The third-order valence-electron chi connectivity index (χ3n) is 5.46. The average molecular weight is 386 g/mol. The van der Waals surface area contributed by atoms with E-state index in [4.69, 9.17) is 10.5 Å². The van der Waals surface area contributed by atoms with Crippen LogP contribution in [0.3, 0.4) is 0 Å². The smallest absolute Gasteiger partial charge is 0.223 e. The Balaban J connectivity index is 1.79. The Hall–Kier alpha value is -2.97. The number of fused-ring (bicyclic) bond motifs is 3. The highest BCUT2D eigenvalue weighted by Gasteiger charge is 2.31. The lowest BCUT2D eigenvalue weighted by molar-refractivity contribution is -0.134. The van der Waals surface area contributed by atoms with Crippen molar-refractivity contribution in [3.8, 4) is 5.75 Å². The van der Waals surface area contributed by atoms with Crippen LogP contribution in [0.5, 0.6) is 5.75 Å². The number of nitrogen functional groups attached to an aromatic ring is 1. The van der Waals surface area contributed by atoms with Gasteiger partial charge in [0.15, 0.2) is 23.0 Å². The molecule has 148 valence electrons. The van der Waals surface area contributed by atoms with Gasteiger partial charge in [0, 0.05) is 36.4 Å². The number of nitrogens with zero attached hydrogens (tertiary/aromatic N) is 5. The van der Waals surface area contributed by atoms with Gasteiger partial charge in [-0.1, -0.05) is 6.92 Å². The monoisotopic (exact) mass is 386 g/mol. The summed E-state index contributed by atoms with van der Waals surface area (Å²) in [6.45, 7) is 4.49. The number of rotatable bonds is 3. The summed E-state index contributed by atoms with van der Waals surface area (Å²) in [5.74, 6) is 0.488. The molecule has 0 aliphatic carbocycles. The third-order valence-corrected chi connectivity index (χ3v) is 5.46. The van der Waals surface area contributed by atoms with Crippen molar-refractivity contribution in [1.82, 2.24) is 24.5 Å². The van der Waals surface area contributed by atoms with Crippen molar-refractivity contribution in [3.63, 3.8) is 0 Å². The number of piperidine rings is 1. The summed E-state index contributed by atoms with van der Waals surface area (Å²) in [6.07, 6.45) is 2.23. The van der Waals surface area contributed by atoms with Crippen molar-refractivity contribution in [3.05, 3.63) is 23.8 Å². The second-order valence-electron chi connectivity index (χ2n) is 7.20. The molecule has 2 N–H and O–H groups in total. The molecule has 0 unspecified atom stereocenters. The van der Waals surface area contributed by atoms with E-state index in [1.54, 1.807) is 0 Å². The first kappa shape index (κ1) is 18.4. The molecule has 8 nitrogen and oxygen atoms in total. The minimum atomic E-state index is -0.501. The molecule has 1 saturated heterocycles. The quantitative estimate of drug-likeness (QED) is 0.743. The number of likely N-dealkylation sites (tertiary alicyclic amines) is 1. The second-order valence-corrected chi connectivity index (χ2v) is 7.20. The summed E-state index contributed by atoms with van der Waals surface area (Å²) in [5.41, 5.74) is 7.00. The molecule has 0 saturated carbocycles. The Bertz CT molecular complexity index is 1070. The molecular weight excluding hydrogens is 363 g/mol. The SMILES string of the molecule is CCC(=O)N1C[C@H](c2nc3c4cc(F)c(OC)cc4nc(N)n3n2)CC[C@@H]1C. The van der Waals surface area contributed by atoms with Crippen LogP contribution in [-0.4, -0.2) is 50.1 Å². The van der Waals surface area contributed by atoms with Crippen LogP contribution in [0.1, 0.15) is 44.9 Å². The van der Waals surface area contributed by atoms with Crippen molar-refractivity contribution < 1.29 is 13.9 Å². The maximum atomic E-state index is 14.2. The van der Waals surface area contributed by atoms with Gasteiger partial charge in [0.2, 0.25) is 11.9 Å². The zero-order valence-corrected chi connectivity index (χ0v) is 16.1. The number of ether oxygens (including phenoxy) is 1. The molecule has 0 bridgehead atoms. The Morgan fingerprint density at radius 1 is 1.36 bits per heavy atom. The van der Waals surface area contributed by atoms with Crippen LogP contribution in [0.25, 0.3) is 16.6 Å². The van der Waals surface area contributed by atoms with Crippen LogP contribution >= 0.6 is 0 Å². The number of carbonyl (C=O) groups excluding carboxylic acids is 1. The Morgan fingerprint density at radius 3 is 2.86 bits per heavy atom. The van der Waals surface area contributed by atoms with Crippen LogP contribution in [0.2, 0.25) is 0 Å². The van der Waals surface area contributed by atoms with E-state index in [1.807, 2.05) is 11.8 Å². The van der Waals surface area contributed by atoms with Crippen LogP contribution in [0.4, 0.5) is 10.3 Å². The molecular formula is C19H23FN6O2. The van der Waals surface area contributed by atoms with Crippen molar-refractivity contribution in [2.45, 2.75) is 45.1 Å². The first-order valence-electron chi connectivity index (χ1n) is 9.41. The maximum Gasteiger partial charge on any atom is 0.223 e. The lowest BCUT2D eigenvalue weighted by Gasteiger charge is -2.37. The van der Waals surface area contributed by atoms with Crippen LogP contribution in [0, 0.1) is 5.82 Å². The Labute approximate surface area is 161 Å². The van der Waals surface area contributed by atoms with Crippen molar-refractivity contribution in [2.24, 2.45) is 0 Å². The summed E-state index contributed by atoms with van der Waals surface area (Å²) in [7, 11) is 1.40. The van der Waals surface area contributed by atoms with E-state index in [9.17, 15) is 9.18 Å². The van der Waals surface area contributed by atoms with Crippen molar-refractivity contribution in [2.75, 3.05) is 19.4 Å². The van der Waals surface area contributed by atoms with Gasteiger partial charge in [0.1, 0.15) is 0 Å². The highest BCUT2D eigenvalue weighted by Crippen LogP contribution is 2.31. The zero-order valence-electron chi connectivity index (χ0n) is 16.1. The molecule has 3 heterocycles. The van der Waals surface area contributed by atoms with Crippen LogP contribution in [0.15, 0.2) is 12.1 Å². The second kappa shape index (κ2) is 6.88. The number of aromatic nitrogens is 4. The van der Waals surface area contributed by atoms with E-state index in [0.717, 1.165) is 12.8 Å². The maximum absolute atomic E-state index is 14.2. The molecule has 4 rings (SSSR count). The van der Waals surface area contributed by atoms with Crippen LogP contribution < -0.4 is 10.5 Å². The normalized spacial score (nSPS) is 20.1. The summed E-state index contributed by atoms with van der Waals surface area (Å²) >= 11 is 0. The highest BCUT2D eigenvalue weighted by molar-refractivity contribution is 5.93. The first-order valence-corrected chi connectivity index (χ1v) is 9.41. The van der Waals surface area contributed by atoms with Gasteiger partial charge in [-0.25, -0.2) is 14.4 Å². The molecule has 1 fully saturated rings. The van der Waals surface area contributed by atoms with E-state index in [2.05, 4.69) is 22.0 Å². The summed E-state index contributed by atoms with van der Waals surface area (Å²) in [6, 6.07) is 3.04. The predicted octanol–water partition coefficient (Wildman–Crippen LogP) is 2.51. The number of halogens is 1. The number of carbonyl (C=O) groups is 1. The minimum absolute atomic E-state index is 0.00384. The molecule has 1 amide bonds. The fourth-order valence-corrected chi connectivity index (χ4v) is 3.84. The molecule has 2 atom stereocenters. The van der Waals surface area contributed by atoms with Gasteiger partial charge in [-0.3, -0.25) is 4.79 Å². The Morgan fingerprint density at radius 2 is 2.14 bits per heavy atom. The van der Waals surface area contributed by atoms with Gasteiger partial charge < -0.3 is 15.4 Å². The molecule has 1 aliphatic rings. The van der Waals surface area contributed by atoms with Crippen molar-refractivity contribution >= 4 is 28.4 Å². The van der Waals surface area contributed by atoms with E-state index < -0.39 is 5.82 Å². The number of benzene rings is 1. The highest BCUT2D eigenvalue weighted by atomic mass is 19.1. The molecule has 1 aromatic carbocycles. The fourth-order valence-electron chi connectivity index (χ4n) is 3.84. The molecule has 0 radical (unpaired) electrons.